The van der Waals surface area contributed by atoms with Gasteiger partial charge >= 0.3 is 0 Å². The van der Waals surface area contributed by atoms with Crippen molar-refractivity contribution in [3.8, 4) is 17.2 Å². The maximum absolute atomic E-state index is 12.9. The van der Waals surface area contributed by atoms with Crippen LogP contribution in [-0.4, -0.2) is 47.1 Å². The minimum absolute atomic E-state index is 0.00478. The summed E-state index contributed by atoms with van der Waals surface area (Å²) < 4.78 is 10.7. The average molecular weight is 411 g/mol. The van der Waals surface area contributed by atoms with Crippen LogP contribution in [0.5, 0.6) is 17.2 Å². The number of aliphatic hydroxyl groups excluding tert-OH is 1. The van der Waals surface area contributed by atoms with Crippen molar-refractivity contribution < 1.29 is 29.3 Å². The standard InChI is InChI=1S/C23H25NO6/c1-4-11-24-20(14-9-10-17(25)18(13-14)30-5-2)19(22(27)23(24)28)21(26)15-7-6-8-16(12-15)29-3/h6-10,12-13,20,25-26H,4-5,11H2,1-3H3/b21-19-. The maximum Gasteiger partial charge on any atom is 0.295 e. The van der Waals surface area contributed by atoms with Gasteiger partial charge in [-0.1, -0.05) is 25.1 Å². The Morgan fingerprint density at radius 3 is 2.57 bits per heavy atom. The van der Waals surface area contributed by atoms with Crippen LogP contribution in [0.25, 0.3) is 5.76 Å². The number of aromatic hydroxyl groups is 1. The molecule has 1 unspecified atom stereocenters. The summed E-state index contributed by atoms with van der Waals surface area (Å²) in [6, 6.07) is 10.5. The Labute approximate surface area is 175 Å². The molecule has 7 nitrogen and oxygen atoms in total. The largest absolute Gasteiger partial charge is 0.507 e. The Morgan fingerprint density at radius 1 is 1.13 bits per heavy atom. The fraction of sp³-hybridized carbons (Fsp3) is 0.304. The van der Waals surface area contributed by atoms with Gasteiger partial charge in [-0.05, 0) is 43.2 Å². The highest BCUT2D eigenvalue weighted by molar-refractivity contribution is 6.46. The lowest BCUT2D eigenvalue weighted by Crippen LogP contribution is -2.30. The fourth-order valence-electron chi connectivity index (χ4n) is 3.60. The van der Waals surface area contributed by atoms with E-state index in [9.17, 15) is 19.8 Å². The van der Waals surface area contributed by atoms with Crippen LogP contribution >= 0.6 is 0 Å². The number of methoxy groups -OCH3 is 1. The molecule has 3 rings (SSSR count). The molecule has 1 amide bonds. The minimum Gasteiger partial charge on any atom is -0.507 e. The van der Waals surface area contributed by atoms with Crippen molar-refractivity contribution in [2.75, 3.05) is 20.3 Å². The van der Waals surface area contributed by atoms with Gasteiger partial charge in [-0.25, -0.2) is 0 Å². The van der Waals surface area contributed by atoms with Crippen LogP contribution in [-0.2, 0) is 9.59 Å². The zero-order valence-electron chi connectivity index (χ0n) is 17.2. The lowest BCUT2D eigenvalue weighted by molar-refractivity contribution is -0.139. The first kappa shape index (κ1) is 21.2. The van der Waals surface area contributed by atoms with Gasteiger partial charge in [-0.3, -0.25) is 9.59 Å². The van der Waals surface area contributed by atoms with E-state index in [4.69, 9.17) is 9.47 Å². The highest BCUT2D eigenvalue weighted by Crippen LogP contribution is 2.42. The number of carbonyl (C=O) groups is 2. The molecule has 2 N–H and O–H groups in total. The molecule has 0 aromatic heterocycles. The number of hydrogen-bond acceptors (Lipinski definition) is 6. The molecule has 7 heteroatoms. The lowest BCUT2D eigenvalue weighted by Gasteiger charge is -2.25. The van der Waals surface area contributed by atoms with E-state index in [1.165, 1.54) is 18.1 Å². The number of phenolic OH excluding ortho intramolecular Hbond substituents is 1. The van der Waals surface area contributed by atoms with Gasteiger partial charge in [0.2, 0.25) is 0 Å². The highest BCUT2D eigenvalue weighted by atomic mass is 16.5. The van der Waals surface area contributed by atoms with Gasteiger partial charge in [-0.15, -0.1) is 0 Å². The van der Waals surface area contributed by atoms with Crippen molar-refractivity contribution in [1.82, 2.24) is 4.90 Å². The fourth-order valence-corrected chi connectivity index (χ4v) is 3.60. The first-order valence-electron chi connectivity index (χ1n) is 9.81. The third kappa shape index (κ3) is 3.83. The Hall–Kier alpha value is -3.48. The molecule has 0 bridgehead atoms. The monoisotopic (exact) mass is 411 g/mol. The van der Waals surface area contributed by atoms with E-state index in [0.717, 1.165) is 0 Å². The molecule has 0 radical (unpaired) electrons. The van der Waals surface area contributed by atoms with Gasteiger partial charge in [-0.2, -0.15) is 0 Å². The van der Waals surface area contributed by atoms with E-state index >= 15 is 0 Å². The van der Waals surface area contributed by atoms with Crippen LogP contribution in [0.15, 0.2) is 48.0 Å². The van der Waals surface area contributed by atoms with Crippen molar-refractivity contribution in [3.05, 3.63) is 59.2 Å². The summed E-state index contributed by atoms with van der Waals surface area (Å²) in [5, 5.41) is 21.1. The van der Waals surface area contributed by atoms with Crippen molar-refractivity contribution >= 4 is 17.4 Å². The number of phenols is 1. The number of hydrogen-bond donors (Lipinski definition) is 2. The second kappa shape index (κ2) is 8.90. The number of ketones is 1. The molecule has 0 saturated carbocycles. The number of carbonyl (C=O) groups excluding carboxylic acids is 2. The summed E-state index contributed by atoms with van der Waals surface area (Å²) >= 11 is 0. The van der Waals surface area contributed by atoms with Crippen LogP contribution in [0.2, 0.25) is 0 Å². The van der Waals surface area contributed by atoms with Gasteiger partial charge in [0.1, 0.15) is 11.5 Å². The number of amides is 1. The second-order valence-electron chi connectivity index (χ2n) is 6.88. The second-order valence-corrected chi connectivity index (χ2v) is 6.88. The van der Waals surface area contributed by atoms with Crippen LogP contribution in [0.4, 0.5) is 0 Å². The molecule has 1 saturated heterocycles. The van der Waals surface area contributed by atoms with Gasteiger partial charge in [0.05, 0.1) is 25.3 Å². The predicted octanol–water partition coefficient (Wildman–Crippen LogP) is 3.63. The number of nitrogens with zero attached hydrogens (tertiary/aromatic N) is 1. The van der Waals surface area contributed by atoms with Crippen LogP contribution < -0.4 is 9.47 Å². The van der Waals surface area contributed by atoms with Crippen molar-refractivity contribution in [3.63, 3.8) is 0 Å². The Balaban J connectivity index is 2.20. The number of benzene rings is 2. The van der Waals surface area contributed by atoms with Gasteiger partial charge in [0, 0.05) is 12.1 Å². The van der Waals surface area contributed by atoms with E-state index < -0.39 is 17.7 Å². The van der Waals surface area contributed by atoms with Crippen molar-refractivity contribution in [2.45, 2.75) is 26.3 Å². The van der Waals surface area contributed by atoms with Crippen molar-refractivity contribution in [2.24, 2.45) is 0 Å². The average Bonchev–Trinajstić information content (AvgIpc) is 3.00. The van der Waals surface area contributed by atoms with E-state index in [-0.39, 0.29) is 22.8 Å². The van der Waals surface area contributed by atoms with Crippen LogP contribution in [0, 0.1) is 0 Å². The number of ether oxygens (including phenoxy) is 2. The third-order valence-electron chi connectivity index (χ3n) is 4.95. The number of likely N-dealkylation sites (tertiary alicyclic amines) is 1. The number of aliphatic hydroxyl groups is 1. The first-order chi connectivity index (χ1) is 14.4. The Bertz CT molecular complexity index is 997. The Morgan fingerprint density at radius 2 is 1.90 bits per heavy atom. The molecule has 0 aliphatic carbocycles. The molecule has 1 aliphatic heterocycles. The molecule has 1 fully saturated rings. The molecular formula is C23H25NO6. The maximum atomic E-state index is 12.9. The van der Waals surface area contributed by atoms with Gasteiger partial charge < -0.3 is 24.6 Å². The normalized spacial score (nSPS) is 18.0. The molecule has 1 aliphatic rings. The van der Waals surface area contributed by atoms with E-state index in [0.29, 0.717) is 36.4 Å². The van der Waals surface area contributed by atoms with Crippen LogP contribution in [0.1, 0.15) is 37.4 Å². The van der Waals surface area contributed by atoms with Gasteiger partial charge in [0.15, 0.2) is 11.5 Å². The Kier molecular flexibility index (Phi) is 6.30. The zero-order chi connectivity index (χ0) is 21.8. The van der Waals surface area contributed by atoms with E-state index in [1.54, 1.807) is 43.3 Å². The van der Waals surface area contributed by atoms with E-state index in [2.05, 4.69) is 0 Å². The van der Waals surface area contributed by atoms with Crippen molar-refractivity contribution in [1.29, 1.82) is 0 Å². The smallest absolute Gasteiger partial charge is 0.295 e. The quantitative estimate of drug-likeness (QED) is 0.410. The van der Waals surface area contributed by atoms with E-state index in [1.807, 2.05) is 6.92 Å². The third-order valence-corrected chi connectivity index (χ3v) is 4.95. The molecule has 2 aromatic rings. The minimum atomic E-state index is -0.795. The summed E-state index contributed by atoms with van der Waals surface area (Å²) in [6.07, 6.45) is 0.638. The zero-order valence-corrected chi connectivity index (χ0v) is 17.2. The highest BCUT2D eigenvalue weighted by Gasteiger charge is 2.45. The molecular weight excluding hydrogens is 386 g/mol. The lowest BCUT2D eigenvalue weighted by atomic mass is 9.95. The predicted molar refractivity (Wildman–Crippen MR) is 112 cm³/mol. The molecule has 1 heterocycles. The number of Topliss-reactive ketones (excluding diaryl/α,β-unsaturated/α-hetero) is 1. The topological polar surface area (TPSA) is 96.3 Å². The first-order valence-corrected chi connectivity index (χ1v) is 9.81. The number of rotatable bonds is 7. The summed E-state index contributed by atoms with van der Waals surface area (Å²) in [6.45, 7) is 4.38. The summed E-state index contributed by atoms with van der Waals surface area (Å²) in [5.74, 6) is -0.972. The molecule has 158 valence electrons. The summed E-state index contributed by atoms with van der Waals surface area (Å²) in [7, 11) is 1.51. The summed E-state index contributed by atoms with van der Waals surface area (Å²) in [5.41, 5.74) is 0.931. The SMILES string of the molecule is CCCN1C(=O)C(=O)/C(=C(\O)c2cccc(OC)c2)C1c1ccc(O)c(OCC)c1. The molecule has 30 heavy (non-hydrogen) atoms. The molecule has 2 aromatic carbocycles. The van der Waals surface area contributed by atoms with Crippen LogP contribution in [0.3, 0.4) is 0 Å². The summed E-state index contributed by atoms with van der Waals surface area (Å²) in [4.78, 5) is 27.1. The van der Waals surface area contributed by atoms with Gasteiger partial charge in [0.25, 0.3) is 11.7 Å². The molecule has 1 atom stereocenters. The molecule has 0 spiro atoms.